The number of carboxylic acid groups (broad SMARTS) is 1. The van der Waals surface area contributed by atoms with Crippen molar-refractivity contribution in [2.24, 2.45) is 5.73 Å². The van der Waals surface area contributed by atoms with E-state index in [-0.39, 0.29) is 22.9 Å². The Balaban J connectivity index is 1.94. The maximum Gasteiger partial charge on any atom is 0.341 e. The highest BCUT2D eigenvalue weighted by atomic mass is 32.2. The van der Waals surface area contributed by atoms with Gasteiger partial charge in [-0.2, -0.15) is 0 Å². The number of carboxylic acids is 1. The van der Waals surface area contributed by atoms with Crippen LogP contribution in [0.15, 0.2) is 53.4 Å². The number of nitrogens with zero attached hydrogens (tertiary/aromatic N) is 1. The van der Waals surface area contributed by atoms with Crippen molar-refractivity contribution >= 4 is 27.6 Å². The molecule has 1 heterocycles. The fourth-order valence-electron chi connectivity index (χ4n) is 2.56. The monoisotopic (exact) mass is 392 g/mol. The summed E-state index contributed by atoms with van der Waals surface area (Å²) in [5.74, 6) is -1.47. The molecular weight excluding hydrogens is 376 g/mol. The Morgan fingerprint density at radius 1 is 1.19 bits per heavy atom. The number of aliphatic carboxylic acids is 1. The maximum absolute atomic E-state index is 13.1. The molecule has 2 aromatic rings. The van der Waals surface area contributed by atoms with Gasteiger partial charge in [0.2, 0.25) is 0 Å². The molecule has 3 rings (SSSR count). The van der Waals surface area contributed by atoms with E-state index in [9.17, 15) is 18.0 Å². The molecule has 142 valence electrons. The molecule has 0 radical (unpaired) electrons. The van der Waals surface area contributed by atoms with Crippen LogP contribution in [0.5, 0.6) is 11.5 Å². The number of primary amides is 1. The average Bonchev–Trinajstić information content (AvgIpc) is 2.65. The Kier molecular flexibility index (Phi) is 4.91. The highest BCUT2D eigenvalue weighted by molar-refractivity contribution is 7.92. The van der Waals surface area contributed by atoms with Crippen LogP contribution in [0, 0.1) is 0 Å². The minimum Gasteiger partial charge on any atom is -0.482 e. The lowest BCUT2D eigenvalue weighted by molar-refractivity contribution is -0.139. The summed E-state index contributed by atoms with van der Waals surface area (Å²) in [7, 11) is -4.02. The van der Waals surface area contributed by atoms with Crippen molar-refractivity contribution < 1.29 is 32.6 Å². The summed E-state index contributed by atoms with van der Waals surface area (Å²) in [6, 6.07) is 11.7. The number of amides is 1. The molecule has 10 heteroatoms. The van der Waals surface area contributed by atoms with E-state index in [1.54, 1.807) is 24.3 Å². The lowest BCUT2D eigenvalue weighted by Gasteiger charge is -2.34. The average molecular weight is 392 g/mol. The van der Waals surface area contributed by atoms with Gasteiger partial charge in [-0.3, -0.25) is 9.10 Å². The van der Waals surface area contributed by atoms with Gasteiger partial charge in [-0.15, -0.1) is 0 Å². The number of fused-ring (bicyclic) bond motifs is 1. The number of benzene rings is 2. The fourth-order valence-corrected chi connectivity index (χ4v) is 4.03. The van der Waals surface area contributed by atoms with Crippen LogP contribution in [0.2, 0.25) is 0 Å². The van der Waals surface area contributed by atoms with E-state index in [4.69, 9.17) is 20.3 Å². The molecule has 1 aliphatic heterocycles. The van der Waals surface area contributed by atoms with Crippen LogP contribution in [0.25, 0.3) is 0 Å². The summed E-state index contributed by atoms with van der Waals surface area (Å²) in [6.45, 7) is -0.796. The first kappa shape index (κ1) is 18.5. The third kappa shape index (κ3) is 3.80. The molecule has 0 saturated heterocycles. The second-order valence-corrected chi connectivity index (χ2v) is 7.53. The predicted octanol–water partition coefficient (Wildman–Crippen LogP) is 0.592. The van der Waals surface area contributed by atoms with Gasteiger partial charge >= 0.3 is 5.97 Å². The van der Waals surface area contributed by atoms with Gasteiger partial charge in [0.1, 0.15) is 11.5 Å². The normalized spacial score (nSPS) is 16.1. The summed E-state index contributed by atoms with van der Waals surface area (Å²) in [5, 5.41) is 8.61. The van der Waals surface area contributed by atoms with Gasteiger partial charge in [0, 0.05) is 0 Å². The number of nitrogens with two attached hydrogens (primary N) is 1. The van der Waals surface area contributed by atoms with Gasteiger partial charge in [0.15, 0.2) is 12.7 Å². The van der Waals surface area contributed by atoms with Gasteiger partial charge in [-0.25, -0.2) is 13.2 Å². The van der Waals surface area contributed by atoms with Gasteiger partial charge in [0.05, 0.1) is 17.1 Å². The van der Waals surface area contributed by atoms with Crippen LogP contribution in [0.1, 0.15) is 0 Å². The SMILES string of the molecule is NC(=O)C1CN(S(=O)(=O)c2ccc(OCC(=O)O)cc2)c2ccccc2O1. The van der Waals surface area contributed by atoms with Crippen LogP contribution >= 0.6 is 0 Å². The Bertz CT molecular complexity index is 973. The smallest absolute Gasteiger partial charge is 0.341 e. The molecule has 1 atom stereocenters. The van der Waals surface area contributed by atoms with Crippen molar-refractivity contribution in [3.63, 3.8) is 0 Å². The number of ether oxygens (including phenoxy) is 2. The zero-order chi connectivity index (χ0) is 19.6. The largest absolute Gasteiger partial charge is 0.482 e. The number of rotatable bonds is 6. The van der Waals surface area contributed by atoms with Crippen LogP contribution < -0.4 is 19.5 Å². The molecule has 3 N–H and O–H groups in total. The van der Waals surface area contributed by atoms with Crippen molar-refractivity contribution in [2.75, 3.05) is 17.5 Å². The first-order valence-electron chi connectivity index (χ1n) is 7.81. The van der Waals surface area contributed by atoms with Crippen molar-refractivity contribution in [3.8, 4) is 11.5 Å². The second kappa shape index (κ2) is 7.16. The molecule has 2 aromatic carbocycles. The molecule has 9 nitrogen and oxygen atoms in total. The highest BCUT2D eigenvalue weighted by Gasteiger charge is 2.36. The van der Waals surface area contributed by atoms with E-state index >= 15 is 0 Å². The number of carbonyl (C=O) groups excluding carboxylic acids is 1. The molecule has 1 unspecified atom stereocenters. The summed E-state index contributed by atoms with van der Waals surface area (Å²) in [5.41, 5.74) is 5.59. The molecule has 1 amide bonds. The van der Waals surface area contributed by atoms with Crippen molar-refractivity contribution in [1.82, 2.24) is 0 Å². The molecule has 0 aromatic heterocycles. The summed E-state index contributed by atoms with van der Waals surface area (Å²) >= 11 is 0. The number of anilines is 1. The van der Waals surface area contributed by atoms with Crippen LogP contribution in [0.4, 0.5) is 5.69 Å². The fraction of sp³-hybridized carbons (Fsp3) is 0.176. The Morgan fingerprint density at radius 3 is 2.48 bits per heavy atom. The molecule has 0 fully saturated rings. The van der Waals surface area contributed by atoms with Gasteiger partial charge < -0.3 is 20.3 Å². The van der Waals surface area contributed by atoms with Gasteiger partial charge in [-0.1, -0.05) is 12.1 Å². The van der Waals surface area contributed by atoms with Crippen molar-refractivity contribution in [3.05, 3.63) is 48.5 Å². The van der Waals surface area contributed by atoms with Crippen LogP contribution in [-0.2, 0) is 19.6 Å². The first-order chi connectivity index (χ1) is 12.8. The van der Waals surface area contributed by atoms with E-state index in [1.165, 1.54) is 24.3 Å². The Morgan fingerprint density at radius 2 is 1.85 bits per heavy atom. The quantitative estimate of drug-likeness (QED) is 0.734. The summed E-state index contributed by atoms with van der Waals surface area (Å²) in [6.07, 6.45) is -1.12. The van der Waals surface area contributed by atoms with E-state index in [2.05, 4.69) is 0 Å². The third-order valence-electron chi connectivity index (χ3n) is 3.83. The standard InChI is InChI=1S/C17H16N2O7S/c18-17(22)15-9-19(13-3-1-2-4-14(13)26-15)27(23,24)12-7-5-11(6-8-12)25-10-16(20)21/h1-8,15H,9-10H2,(H2,18,22)(H,20,21). The zero-order valence-electron chi connectivity index (χ0n) is 13.9. The summed E-state index contributed by atoms with van der Waals surface area (Å²) in [4.78, 5) is 22.0. The molecule has 0 aliphatic carbocycles. The van der Waals surface area contributed by atoms with E-state index in [0.717, 1.165) is 4.31 Å². The Hall–Kier alpha value is -3.27. The van der Waals surface area contributed by atoms with Gasteiger partial charge in [-0.05, 0) is 36.4 Å². The first-order valence-corrected chi connectivity index (χ1v) is 9.25. The van der Waals surface area contributed by atoms with Crippen molar-refractivity contribution in [2.45, 2.75) is 11.0 Å². The molecule has 0 bridgehead atoms. The van der Waals surface area contributed by atoms with E-state index in [0.29, 0.717) is 5.69 Å². The molecule has 0 saturated carbocycles. The number of para-hydroxylation sites is 2. The molecule has 0 spiro atoms. The van der Waals surface area contributed by atoms with Crippen molar-refractivity contribution in [1.29, 1.82) is 0 Å². The lowest BCUT2D eigenvalue weighted by atomic mass is 10.2. The van der Waals surface area contributed by atoms with E-state index < -0.39 is 34.6 Å². The second-order valence-electron chi connectivity index (χ2n) is 5.67. The van der Waals surface area contributed by atoms with Crippen LogP contribution in [0.3, 0.4) is 0 Å². The molecular formula is C17H16N2O7S. The predicted molar refractivity (Wildman–Crippen MR) is 94.2 cm³/mol. The molecule has 1 aliphatic rings. The Labute approximate surface area is 155 Å². The minimum atomic E-state index is -4.02. The zero-order valence-corrected chi connectivity index (χ0v) is 14.8. The number of carbonyl (C=O) groups is 2. The minimum absolute atomic E-state index is 0.0508. The summed E-state index contributed by atoms with van der Waals surface area (Å²) < 4.78 is 37.7. The number of hydrogen-bond donors (Lipinski definition) is 2. The lowest BCUT2D eigenvalue weighted by Crippen LogP contribution is -2.49. The maximum atomic E-state index is 13.1. The van der Waals surface area contributed by atoms with Gasteiger partial charge in [0.25, 0.3) is 15.9 Å². The topological polar surface area (TPSA) is 136 Å². The van der Waals surface area contributed by atoms with Crippen LogP contribution in [-0.4, -0.2) is 44.7 Å². The third-order valence-corrected chi connectivity index (χ3v) is 5.62. The number of sulfonamides is 1. The van der Waals surface area contributed by atoms with E-state index in [1.807, 2.05) is 0 Å². The highest BCUT2D eigenvalue weighted by Crippen LogP contribution is 2.36. The number of hydrogen-bond acceptors (Lipinski definition) is 6. The molecule has 27 heavy (non-hydrogen) atoms.